The van der Waals surface area contributed by atoms with Gasteiger partial charge in [-0.1, -0.05) is 41.7 Å². The summed E-state index contributed by atoms with van der Waals surface area (Å²) < 4.78 is 0. The van der Waals surface area contributed by atoms with Crippen molar-refractivity contribution in [1.82, 2.24) is 4.98 Å². The number of benzene rings is 1. The maximum Gasteiger partial charge on any atom is 0.171 e. The van der Waals surface area contributed by atoms with E-state index in [0.717, 1.165) is 10.6 Å². The molecule has 0 radical (unpaired) electrons. The Hall–Kier alpha value is -1.68. The average Bonchev–Trinajstić information content (AvgIpc) is 2.61. The van der Waals surface area contributed by atoms with Crippen LogP contribution in [0.5, 0.6) is 0 Å². The van der Waals surface area contributed by atoms with E-state index in [4.69, 9.17) is 5.73 Å². The highest BCUT2D eigenvalue weighted by atomic mass is 32.1. The van der Waals surface area contributed by atoms with E-state index in [1.54, 1.807) is 0 Å². The van der Waals surface area contributed by atoms with Crippen LogP contribution < -0.4 is 5.73 Å². The molecule has 1 heterocycles. The van der Waals surface area contributed by atoms with Gasteiger partial charge in [-0.25, -0.2) is 4.98 Å². The Morgan fingerprint density at radius 3 is 2.57 bits per heavy atom. The number of nitrogens with two attached hydrogens (primary N) is 1. The van der Waals surface area contributed by atoms with Gasteiger partial charge in [0.15, 0.2) is 6.29 Å². The molecule has 3 nitrogen and oxygen atoms in total. The number of aldehydes is 1. The van der Waals surface area contributed by atoms with Crippen molar-refractivity contribution in [2.45, 2.75) is 0 Å². The smallest absolute Gasteiger partial charge is 0.171 e. The van der Waals surface area contributed by atoms with Crippen molar-refractivity contribution in [1.29, 1.82) is 0 Å². The molecular weight excluding hydrogens is 196 g/mol. The van der Waals surface area contributed by atoms with Crippen LogP contribution in [0.4, 0.5) is 5.00 Å². The monoisotopic (exact) mass is 204 g/mol. The summed E-state index contributed by atoms with van der Waals surface area (Å²) in [5.41, 5.74) is 6.93. The van der Waals surface area contributed by atoms with Crippen LogP contribution in [0.15, 0.2) is 30.3 Å². The number of aromatic nitrogens is 1. The number of rotatable bonds is 2. The third-order valence-electron chi connectivity index (χ3n) is 1.81. The van der Waals surface area contributed by atoms with Crippen molar-refractivity contribution >= 4 is 22.6 Å². The largest absolute Gasteiger partial charge is 0.389 e. The summed E-state index contributed by atoms with van der Waals surface area (Å²) in [5.74, 6) is 0. The fraction of sp³-hybridized carbons (Fsp3) is 0. The number of carbonyl (C=O) groups is 1. The molecule has 0 saturated heterocycles. The van der Waals surface area contributed by atoms with Gasteiger partial charge in [0.1, 0.15) is 15.7 Å². The minimum atomic E-state index is 0.328. The van der Waals surface area contributed by atoms with Gasteiger partial charge >= 0.3 is 0 Å². The summed E-state index contributed by atoms with van der Waals surface area (Å²) in [4.78, 5) is 14.7. The van der Waals surface area contributed by atoms with Crippen LogP contribution in [-0.4, -0.2) is 11.3 Å². The van der Waals surface area contributed by atoms with Gasteiger partial charge in [-0.2, -0.15) is 0 Å². The molecule has 4 heteroatoms. The lowest BCUT2D eigenvalue weighted by Crippen LogP contribution is -1.87. The Bertz CT molecular complexity index is 450. The first-order valence-corrected chi connectivity index (χ1v) is 4.90. The van der Waals surface area contributed by atoms with Crippen molar-refractivity contribution in [3.05, 3.63) is 36.0 Å². The number of hydrogen-bond donors (Lipinski definition) is 1. The lowest BCUT2D eigenvalue weighted by Gasteiger charge is -1.92. The number of carbonyl (C=O) groups excluding carboxylic acids is 1. The van der Waals surface area contributed by atoms with Crippen LogP contribution in [0.3, 0.4) is 0 Å². The number of hydrogen-bond acceptors (Lipinski definition) is 4. The third-order valence-corrected chi connectivity index (χ3v) is 2.76. The summed E-state index contributed by atoms with van der Waals surface area (Å²) in [6.07, 6.45) is 0.679. The Kier molecular flexibility index (Phi) is 2.28. The van der Waals surface area contributed by atoms with Crippen molar-refractivity contribution in [2.75, 3.05) is 5.73 Å². The molecule has 0 aliphatic carbocycles. The molecule has 0 unspecified atom stereocenters. The van der Waals surface area contributed by atoms with E-state index in [2.05, 4.69) is 4.98 Å². The van der Waals surface area contributed by atoms with Crippen molar-refractivity contribution < 1.29 is 4.79 Å². The van der Waals surface area contributed by atoms with Crippen LogP contribution in [-0.2, 0) is 0 Å². The van der Waals surface area contributed by atoms with E-state index in [-0.39, 0.29) is 0 Å². The normalized spacial score (nSPS) is 10.0. The number of nitrogens with zero attached hydrogens (tertiary/aromatic N) is 1. The van der Waals surface area contributed by atoms with Crippen LogP contribution in [0.25, 0.3) is 10.6 Å². The first kappa shape index (κ1) is 8.90. The van der Waals surface area contributed by atoms with E-state index < -0.39 is 0 Å². The molecule has 2 N–H and O–H groups in total. The maximum absolute atomic E-state index is 10.5. The lowest BCUT2D eigenvalue weighted by atomic mass is 10.2. The zero-order chi connectivity index (χ0) is 9.97. The molecule has 0 spiro atoms. The van der Waals surface area contributed by atoms with E-state index >= 15 is 0 Å². The second-order valence-corrected chi connectivity index (χ2v) is 3.78. The highest BCUT2D eigenvalue weighted by molar-refractivity contribution is 7.19. The Balaban J connectivity index is 2.48. The average molecular weight is 204 g/mol. The Morgan fingerprint density at radius 2 is 2.00 bits per heavy atom. The quantitative estimate of drug-likeness (QED) is 0.763. The zero-order valence-corrected chi connectivity index (χ0v) is 8.12. The highest BCUT2D eigenvalue weighted by Gasteiger charge is 2.08. The fourth-order valence-electron chi connectivity index (χ4n) is 1.13. The van der Waals surface area contributed by atoms with Gasteiger partial charge in [0, 0.05) is 5.56 Å². The highest BCUT2D eigenvalue weighted by Crippen LogP contribution is 2.28. The topological polar surface area (TPSA) is 56.0 Å². The minimum absolute atomic E-state index is 0.328. The second kappa shape index (κ2) is 3.59. The molecule has 2 aromatic rings. The fourth-order valence-corrected chi connectivity index (χ4v) is 1.94. The van der Waals surface area contributed by atoms with Gasteiger partial charge in [-0.15, -0.1) is 0 Å². The van der Waals surface area contributed by atoms with Gasteiger partial charge < -0.3 is 5.73 Å². The van der Waals surface area contributed by atoms with E-state index in [1.165, 1.54) is 11.3 Å². The summed E-state index contributed by atoms with van der Waals surface area (Å²) in [6.45, 7) is 0. The third kappa shape index (κ3) is 1.52. The molecule has 1 aromatic carbocycles. The summed E-state index contributed by atoms with van der Waals surface area (Å²) in [7, 11) is 0. The minimum Gasteiger partial charge on any atom is -0.389 e. The second-order valence-electron chi connectivity index (χ2n) is 2.75. The summed E-state index contributed by atoms with van der Waals surface area (Å²) in [6, 6.07) is 9.65. The standard InChI is InChI=1S/C10H8N2OS/c11-9-8(6-13)12-10(14-9)7-4-2-1-3-5-7/h1-6H,11H2. The predicted octanol–water partition coefficient (Wildman–Crippen LogP) is 2.20. The van der Waals surface area contributed by atoms with Crippen LogP contribution in [0, 0.1) is 0 Å². The molecule has 0 amide bonds. The molecule has 14 heavy (non-hydrogen) atoms. The summed E-state index contributed by atoms with van der Waals surface area (Å²) >= 11 is 1.33. The molecule has 2 rings (SSSR count). The van der Waals surface area contributed by atoms with Gasteiger partial charge in [0.25, 0.3) is 0 Å². The van der Waals surface area contributed by atoms with Crippen LogP contribution >= 0.6 is 11.3 Å². The maximum atomic E-state index is 10.5. The van der Waals surface area contributed by atoms with E-state index in [0.29, 0.717) is 17.0 Å². The van der Waals surface area contributed by atoms with Gasteiger partial charge in [0.05, 0.1) is 0 Å². The molecule has 0 fully saturated rings. The summed E-state index contributed by atoms with van der Waals surface area (Å²) in [5, 5.41) is 1.25. The molecule has 0 aliphatic rings. The van der Waals surface area contributed by atoms with Gasteiger partial charge in [-0.05, 0) is 0 Å². The number of anilines is 1. The van der Waals surface area contributed by atoms with Gasteiger partial charge in [-0.3, -0.25) is 4.79 Å². The molecule has 70 valence electrons. The Labute approximate surface area is 85.2 Å². The Morgan fingerprint density at radius 1 is 1.29 bits per heavy atom. The first-order chi connectivity index (χ1) is 6.81. The molecule has 0 bridgehead atoms. The van der Waals surface area contributed by atoms with Crippen LogP contribution in [0.1, 0.15) is 10.5 Å². The zero-order valence-electron chi connectivity index (χ0n) is 7.31. The lowest BCUT2D eigenvalue weighted by molar-refractivity contribution is 0.112. The van der Waals surface area contributed by atoms with E-state index in [9.17, 15) is 4.79 Å². The molecule has 0 aliphatic heterocycles. The van der Waals surface area contributed by atoms with Crippen molar-refractivity contribution in [3.8, 4) is 10.6 Å². The molecule has 0 atom stereocenters. The number of nitrogen functional groups attached to an aromatic ring is 1. The molecule has 1 aromatic heterocycles. The molecule has 0 saturated carbocycles. The SMILES string of the molecule is Nc1sc(-c2ccccc2)nc1C=O. The van der Waals surface area contributed by atoms with Crippen molar-refractivity contribution in [3.63, 3.8) is 0 Å². The first-order valence-electron chi connectivity index (χ1n) is 4.08. The predicted molar refractivity (Wildman–Crippen MR) is 57.3 cm³/mol. The van der Waals surface area contributed by atoms with Crippen molar-refractivity contribution in [2.24, 2.45) is 0 Å². The van der Waals surface area contributed by atoms with E-state index in [1.807, 2.05) is 30.3 Å². The molecular formula is C10H8N2OS. The van der Waals surface area contributed by atoms with Crippen LogP contribution in [0.2, 0.25) is 0 Å². The number of thiazole rings is 1. The van der Waals surface area contributed by atoms with Gasteiger partial charge in [0.2, 0.25) is 0 Å².